The van der Waals surface area contributed by atoms with Crippen molar-refractivity contribution >= 4 is 23.8 Å². The molecule has 9 heteroatoms. The molecular formula is C11H17N5O3S. The van der Waals surface area contributed by atoms with Gasteiger partial charge in [0.05, 0.1) is 11.9 Å². The number of carbonyl (C=O) groups is 2. The van der Waals surface area contributed by atoms with Crippen LogP contribution >= 0.6 is 11.8 Å². The average molecular weight is 299 g/mol. The Kier molecular flexibility index (Phi) is 4.48. The number of thioether (sulfide) groups is 1. The van der Waals surface area contributed by atoms with E-state index in [1.165, 1.54) is 16.7 Å². The van der Waals surface area contributed by atoms with Crippen molar-refractivity contribution in [2.75, 3.05) is 5.75 Å². The minimum absolute atomic E-state index is 0.104. The zero-order valence-electron chi connectivity index (χ0n) is 11.3. The summed E-state index contributed by atoms with van der Waals surface area (Å²) in [6.45, 7) is 2.12. The minimum Gasteiger partial charge on any atom is -0.480 e. The van der Waals surface area contributed by atoms with Crippen molar-refractivity contribution in [3.05, 3.63) is 12.2 Å². The number of aromatic nitrogens is 3. The Morgan fingerprint density at radius 1 is 1.60 bits per heavy atom. The van der Waals surface area contributed by atoms with Crippen LogP contribution in [-0.4, -0.2) is 53.9 Å². The van der Waals surface area contributed by atoms with E-state index in [2.05, 4.69) is 15.4 Å². The number of nitrogens with zero attached hydrogens (tertiary/aromatic N) is 4. The maximum absolute atomic E-state index is 12.2. The molecule has 0 aliphatic carbocycles. The molecule has 2 N–H and O–H groups in total. The molecular weight excluding hydrogens is 282 g/mol. The van der Waals surface area contributed by atoms with E-state index >= 15 is 0 Å². The molecule has 1 fully saturated rings. The van der Waals surface area contributed by atoms with Gasteiger partial charge in [0.1, 0.15) is 12.4 Å². The van der Waals surface area contributed by atoms with Crippen molar-refractivity contribution in [3.8, 4) is 0 Å². The van der Waals surface area contributed by atoms with Crippen molar-refractivity contribution in [1.29, 1.82) is 0 Å². The Morgan fingerprint density at radius 3 is 2.90 bits per heavy atom. The first-order valence-electron chi connectivity index (χ1n) is 6.28. The van der Waals surface area contributed by atoms with Crippen LogP contribution in [0.5, 0.6) is 0 Å². The van der Waals surface area contributed by atoms with Crippen LogP contribution in [0.1, 0.15) is 19.2 Å². The predicted molar refractivity (Wildman–Crippen MR) is 73.0 cm³/mol. The Labute approximate surface area is 120 Å². The molecule has 1 aliphatic heterocycles. The SMILES string of the molecule is CCC1SCC(C(=O)O)N1C(=O)NCc1ncn(C)n1. The standard InChI is InChI=1S/C11H17N5O3S/c1-3-9-16(7(5-20-9)10(17)18)11(19)12-4-8-13-6-15(2)14-8/h6-7,9H,3-5H2,1-2H3,(H,12,19)(H,17,18). The van der Waals surface area contributed by atoms with Gasteiger partial charge in [-0.15, -0.1) is 11.8 Å². The first-order valence-corrected chi connectivity index (χ1v) is 7.33. The maximum atomic E-state index is 12.2. The summed E-state index contributed by atoms with van der Waals surface area (Å²) in [5, 5.41) is 15.8. The van der Waals surface area contributed by atoms with Crippen LogP contribution < -0.4 is 5.32 Å². The molecule has 0 spiro atoms. The van der Waals surface area contributed by atoms with Gasteiger partial charge in [-0.2, -0.15) is 5.10 Å². The van der Waals surface area contributed by atoms with Crippen LogP contribution in [0, 0.1) is 0 Å². The zero-order chi connectivity index (χ0) is 14.7. The third-order valence-electron chi connectivity index (χ3n) is 3.01. The second-order valence-corrected chi connectivity index (χ2v) is 5.66. The van der Waals surface area contributed by atoms with Gasteiger partial charge in [-0.3, -0.25) is 9.58 Å². The molecule has 1 aromatic heterocycles. The number of carboxylic acids is 1. The first kappa shape index (κ1) is 14.6. The number of carboxylic acid groups (broad SMARTS) is 1. The largest absolute Gasteiger partial charge is 0.480 e. The van der Waals surface area contributed by atoms with Crippen molar-refractivity contribution in [1.82, 2.24) is 25.0 Å². The van der Waals surface area contributed by atoms with Gasteiger partial charge in [0.15, 0.2) is 5.82 Å². The van der Waals surface area contributed by atoms with E-state index in [4.69, 9.17) is 0 Å². The summed E-state index contributed by atoms with van der Waals surface area (Å²) < 4.78 is 1.54. The van der Waals surface area contributed by atoms with Gasteiger partial charge in [0.2, 0.25) is 0 Å². The zero-order valence-corrected chi connectivity index (χ0v) is 12.1. The molecule has 2 amide bonds. The average Bonchev–Trinajstić information content (AvgIpc) is 3.01. The van der Waals surface area contributed by atoms with Crippen molar-refractivity contribution in [3.63, 3.8) is 0 Å². The Hall–Kier alpha value is -1.77. The summed E-state index contributed by atoms with van der Waals surface area (Å²) in [6, 6.07) is -1.16. The van der Waals surface area contributed by atoms with E-state index in [-0.39, 0.29) is 17.9 Å². The number of aryl methyl sites for hydroxylation is 1. The second-order valence-electron chi connectivity index (χ2n) is 4.45. The maximum Gasteiger partial charge on any atom is 0.327 e. The number of hydrogen-bond acceptors (Lipinski definition) is 5. The monoisotopic (exact) mass is 299 g/mol. The molecule has 0 aromatic carbocycles. The molecule has 2 heterocycles. The van der Waals surface area contributed by atoms with E-state index in [1.54, 1.807) is 18.1 Å². The normalized spacial score (nSPS) is 22.0. The van der Waals surface area contributed by atoms with E-state index in [0.29, 0.717) is 18.0 Å². The van der Waals surface area contributed by atoms with Gasteiger partial charge in [-0.05, 0) is 6.42 Å². The number of amides is 2. The summed E-state index contributed by atoms with van der Waals surface area (Å²) in [5.74, 6) is -0.0597. The smallest absolute Gasteiger partial charge is 0.327 e. The fourth-order valence-electron chi connectivity index (χ4n) is 2.05. The van der Waals surface area contributed by atoms with Gasteiger partial charge in [-0.25, -0.2) is 14.6 Å². The van der Waals surface area contributed by atoms with E-state index in [0.717, 1.165) is 0 Å². The molecule has 8 nitrogen and oxygen atoms in total. The minimum atomic E-state index is -0.973. The highest BCUT2D eigenvalue weighted by molar-refractivity contribution is 8.00. The molecule has 20 heavy (non-hydrogen) atoms. The van der Waals surface area contributed by atoms with Crippen LogP contribution in [0.25, 0.3) is 0 Å². The molecule has 0 radical (unpaired) electrons. The lowest BCUT2D eigenvalue weighted by atomic mass is 10.3. The molecule has 110 valence electrons. The third-order valence-corrected chi connectivity index (χ3v) is 4.46. The fraction of sp³-hybridized carbons (Fsp3) is 0.636. The van der Waals surface area contributed by atoms with Crippen molar-refractivity contribution < 1.29 is 14.7 Å². The van der Waals surface area contributed by atoms with Crippen LogP contribution in [0.2, 0.25) is 0 Å². The summed E-state index contributed by atoms with van der Waals surface area (Å²) in [7, 11) is 1.74. The lowest BCUT2D eigenvalue weighted by Gasteiger charge is -2.26. The number of aliphatic carboxylic acids is 1. The number of nitrogens with one attached hydrogen (secondary N) is 1. The van der Waals surface area contributed by atoms with Gasteiger partial charge >= 0.3 is 12.0 Å². The molecule has 1 saturated heterocycles. The number of rotatable bonds is 4. The Bertz CT molecular complexity index is 506. The summed E-state index contributed by atoms with van der Waals surface area (Å²) in [4.78, 5) is 28.8. The Morgan fingerprint density at radius 2 is 2.35 bits per heavy atom. The quantitative estimate of drug-likeness (QED) is 0.827. The second kappa shape index (κ2) is 6.12. The van der Waals surface area contributed by atoms with Crippen LogP contribution in [0.3, 0.4) is 0 Å². The predicted octanol–water partition coefficient (Wildman–Crippen LogP) is 0.263. The van der Waals surface area contributed by atoms with Gasteiger partial charge in [-0.1, -0.05) is 6.92 Å². The number of hydrogen-bond donors (Lipinski definition) is 2. The number of carbonyl (C=O) groups excluding carboxylic acids is 1. The molecule has 1 aromatic rings. The molecule has 0 bridgehead atoms. The molecule has 0 saturated carbocycles. The fourth-order valence-corrected chi connectivity index (χ4v) is 3.40. The first-order chi connectivity index (χ1) is 9.52. The number of urea groups is 1. The van der Waals surface area contributed by atoms with Crippen LogP contribution in [-0.2, 0) is 18.4 Å². The highest BCUT2D eigenvalue weighted by Crippen LogP contribution is 2.31. The molecule has 1 aliphatic rings. The van der Waals surface area contributed by atoms with Gasteiger partial charge in [0, 0.05) is 12.8 Å². The highest BCUT2D eigenvalue weighted by Gasteiger charge is 2.40. The van der Waals surface area contributed by atoms with E-state index in [9.17, 15) is 14.7 Å². The lowest BCUT2D eigenvalue weighted by molar-refractivity contribution is -0.141. The summed E-state index contributed by atoms with van der Waals surface area (Å²) in [6.07, 6.45) is 2.26. The molecule has 2 atom stereocenters. The molecule has 2 unspecified atom stereocenters. The van der Waals surface area contributed by atoms with Gasteiger partial charge in [0.25, 0.3) is 0 Å². The summed E-state index contributed by atoms with van der Waals surface area (Å²) >= 11 is 1.49. The van der Waals surface area contributed by atoms with Crippen LogP contribution in [0.15, 0.2) is 6.33 Å². The van der Waals surface area contributed by atoms with E-state index < -0.39 is 12.0 Å². The van der Waals surface area contributed by atoms with Crippen molar-refractivity contribution in [2.24, 2.45) is 7.05 Å². The van der Waals surface area contributed by atoms with Crippen LogP contribution in [0.4, 0.5) is 4.79 Å². The lowest BCUT2D eigenvalue weighted by Crippen LogP contribution is -2.49. The summed E-state index contributed by atoms with van der Waals surface area (Å²) in [5.41, 5.74) is 0. The third kappa shape index (κ3) is 3.03. The highest BCUT2D eigenvalue weighted by atomic mass is 32.2. The van der Waals surface area contributed by atoms with Crippen molar-refractivity contribution in [2.45, 2.75) is 31.3 Å². The molecule has 2 rings (SSSR count). The Balaban J connectivity index is 2.00. The van der Waals surface area contributed by atoms with E-state index in [1.807, 2.05) is 6.92 Å². The van der Waals surface area contributed by atoms with Gasteiger partial charge < -0.3 is 10.4 Å². The topological polar surface area (TPSA) is 100 Å².